The Bertz CT molecular complexity index is 5490. The molecule has 10 nitrogen and oxygen atoms in total. The lowest BCUT2D eigenvalue weighted by atomic mass is 9.92. The SMILES string of the molecule is [2H]C1([2H])COc2c1ccc(C)c2-c1cccc[n+]1C.[2H]C1([2H])c2ccc(C)c(-c3cccc[n+]3C)c2OC1(C)C.[2H]C1([2H])c2ccc(C)c(-c3cccc[n+]3C)c2OC12CC2.[2H]C1([2H])c2ccc(C)c(-c3cccc[n+]3C)c2OC12CCCC2.[2H]C1([2H])c2ccccc2C([2H])([2H])C12Cc1ccc(C)c(-c3cccc[n+]3C)c1O2. The predicted octanol–water partition coefficient (Wildman–Crippen LogP) is 16.3. The molecule has 3 aliphatic carbocycles. The fraction of sp³-hybridized carbons (Fsp3) is 0.330. The molecule has 101 heavy (non-hydrogen) atoms. The van der Waals surface area contributed by atoms with Crippen molar-refractivity contribution in [2.24, 2.45) is 35.2 Å². The maximum Gasteiger partial charge on any atom is 0.216 e. The van der Waals surface area contributed by atoms with E-state index in [0.717, 1.165) is 140 Å². The zero-order chi connectivity index (χ0) is 80.7. The molecular weight excluding hydrogens is 1240 g/mol. The number of aromatic nitrogens is 5. The van der Waals surface area contributed by atoms with E-state index >= 15 is 0 Å². The first-order valence-corrected chi connectivity index (χ1v) is 35.3. The van der Waals surface area contributed by atoms with Crippen LogP contribution >= 0.6 is 0 Å². The molecule has 0 amide bonds. The van der Waals surface area contributed by atoms with E-state index in [-0.39, 0.29) is 13.0 Å². The van der Waals surface area contributed by atoms with Gasteiger partial charge in [0.1, 0.15) is 86.4 Å². The molecule has 0 radical (unpaired) electrons. The second kappa shape index (κ2) is 26.9. The van der Waals surface area contributed by atoms with Gasteiger partial charge in [0.05, 0.1) is 34.4 Å². The van der Waals surface area contributed by atoms with Crippen LogP contribution < -0.4 is 46.5 Å². The summed E-state index contributed by atoms with van der Waals surface area (Å²) >= 11 is 0. The van der Waals surface area contributed by atoms with Crippen molar-refractivity contribution in [1.29, 1.82) is 0 Å². The van der Waals surface area contributed by atoms with Crippen molar-refractivity contribution in [2.45, 2.75) is 154 Å². The molecule has 11 aromatic rings. The van der Waals surface area contributed by atoms with Crippen molar-refractivity contribution in [3.05, 3.63) is 274 Å². The predicted molar refractivity (Wildman–Crippen MR) is 399 cm³/mol. The van der Waals surface area contributed by atoms with E-state index in [0.29, 0.717) is 50.6 Å². The van der Waals surface area contributed by atoms with Gasteiger partial charge in [0.2, 0.25) is 28.5 Å². The normalized spacial score (nSPS) is 21.4. The number of rotatable bonds is 5. The van der Waals surface area contributed by atoms with E-state index in [4.69, 9.17) is 40.1 Å². The second-order valence-electron chi connectivity index (χ2n) is 28.5. The van der Waals surface area contributed by atoms with Crippen molar-refractivity contribution < 1.29 is 63.0 Å². The minimum absolute atomic E-state index is 0.0926. The number of benzene rings is 6. The molecule has 512 valence electrons. The molecule has 0 atom stereocenters. The number of pyridine rings is 5. The van der Waals surface area contributed by atoms with E-state index < -0.39 is 60.6 Å². The first kappa shape index (κ1) is 53.9. The van der Waals surface area contributed by atoms with Gasteiger partial charge in [-0.3, -0.25) is 0 Å². The van der Waals surface area contributed by atoms with Crippen LogP contribution in [0.4, 0.5) is 0 Å². The molecule has 10 heterocycles. The molecule has 2 fully saturated rings. The maximum atomic E-state index is 8.91. The van der Waals surface area contributed by atoms with Crippen LogP contribution in [-0.4, -0.2) is 29.0 Å². The van der Waals surface area contributed by atoms with Crippen LogP contribution in [0, 0.1) is 34.6 Å². The molecule has 3 spiro atoms. The summed E-state index contributed by atoms with van der Waals surface area (Å²) in [4.78, 5) is 0. The Kier molecular flexibility index (Phi) is 14.3. The number of aryl methyl sites for hydroxylation is 10. The molecule has 10 heteroatoms. The Hall–Kier alpha value is -9.93. The second-order valence-corrected chi connectivity index (χ2v) is 28.5. The van der Waals surface area contributed by atoms with E-state index in [1.807, 2.05) is 240 Å². The van der Waals surface area contributed by atoms with Crippen molar-refractivity contribution in [3.8, 4) is 85.0 Å². The van der Waals surface area contributed by atoms with E-state index in [1.165, 1.54) is 0 Å². The average Bonchev–Trinajstić information content (AvgIpc) is 1.50. The van der Waals surface area contributed by atoms with Gasteiger partial charge < -0.3 is 23.7 Å². The quantitative estimate of drug-likeness (QED) is 0.161. The highest BCUT2D eigenvalue weighted by Crippen LogP contribution is 2.54. The molecule has 5 aromatic heterocycles. The Morgan fingerprint density at radius 2 is 0.614 bits per heavy atom. The number of hydrogen-bond donors (Lipinski definition) is 0. The lowest BCUT2D eigenvalue weighted by molar-refractivity contribution is -0.660. The molecule has 0 unspecified atom stereocenters. The van der Waals surface area contributed by atoms with Crippen molar-refractivity contribution in [3.63, 3.8) is 0 Å². The molecule has 0 saturated heterocycles. The first-order chi connectivity index (χ1) is 53.4. The highest BCUT2D eigenvalue weighted by atomic mass is 16.5. The molecule has 2 saturated carbocycles. The Labute approximate surface area is 615 Å². The molecule has 19 rings (SSSR count). The fourth-order valence-electron chi connectivity index (χ4n) is 15.1. The molecule has 0 bridgehead atoms. The fourth-order valence-corrected chi connectivity index (χ4v) is 15.1. The minimum Gasteiger partial charge on any atom is -0.492 e. The third kappa shape index (κ3) is 13.1. The first-order valence-electron chi connectivity index (χ1n) is 41.3. The van der Waals surface area contributed by atoms with Gasteiger partial charge in [-0.25, -0.2) is 22.8 Å². The smallest absolute Gasteiger partial charge is 0.216 e. The van der Waals surface area contributed by atoms with Crippen LogP contribution in [0.25, 0.3) is 56.3 Å². The van der Waals surface area contributed by atoms with E-state index in [2.05, 4.69) is 35.1 Å². The summed E-state index contributed by atoms with van der Waals surface area (Å²) < 4.78 is 144. The summed E-state index contributed by atoms with van der Waals surface area (Å²) in [6.45, 7) is 13.9. The number of nitrogens with zero attached hydrogens (tertiary/aromatic N) is 5. The standard InChI is InChI=1S/C23H22NO.C19H22NO.C17H18NO.C17H20NO.C15H16NO/c1-16-10-11-19-15-23(13-17-7-3-4-8-18(17)14-23)25-22(19)21(16)20-9-5-6-12-24(20)2;1-14-8-9-15-13-19(10-4-5-11-19)21-18(15)17(14)16-7-3-6-12-20(16)2;1-12-6-7-13-11-17(8-9-17)19-16(13)15(12)14-5-3-4-10-18(14)2;1-12-8-9-13-11-17(2,3)19-16(13)15(12)14-7-5-6-10-18(14)4;1-11-6-7-12-8-10-17-15(12)14(11)13-5-3-4-9-16(13)2/h3-12H,13-15H2,1-2H3;3,6-9,12H,4-5,10-11,13H2,1-2H3;3-7,10H,8-9,11H2,1-2H3;5-10H,11H2,1-4H3;3-7,9H,8,10H2,1-2H3/q5*+1/i13D2,14D2;13D2;2*11D2;8D2. The van der Waals surface area contributed by atoms with Gasteiger partial charge >= 0.3 is 0 Å². The van der Waals surface area contributed by atoms with Crippen LogP contribution in [0.3, 0.4) is 0 Å². The zero-order valence-corrected chi connectivity index (χ0v) is 60.1. The molecular formula is C91H98N5O5+5. The number of ether oxygens (including phenoxy) is 5. The molecule has 0 N–H and O–H groups in total. The van der Waals surface area contributed by atoms with E-state index in [1.54, 1.807) is 38.1 Å². The van der Waals surface area contributed by atoms with Crippen LogP contribution in [0.2, 0.25) is 0 Å². The van der Waals surface area contributed by atoms with Gasteiger partial charge in [-0.05, 0) is 184 Å². The van der Waals surface area contributed by atoms with Gasteiger partial charge in [-0.15, -0.1) is 0 Å². The number of fused-ring (bicyclic) bond motifs is 6. The van der Waals surface area contributed by atoms with Gasteiger partial charge in [-0.2, -0.15) is 0 Å². The van der Waals surface area contributed by atoms with Gasteiger partial charge in [0.15, 0.2) is 31.0 Å². The Morgan fingerprint density at radius 1 is 0.307 bits per heavy atom. The van der Waals surface area contributed by atoms with Crippen LogP contribution in [0.15, 0.2) is 207 Å². The summed E-state index contributed by atoms with van der Waals surface area (Å²) in [5, 5.41) is 0. The third-order valence-corrected chi connectivity index (χ3v) is 20.5. The van der Waals surface area contributed by atoms with Gasteiger partial charge in [-0.1, -0.05) is 84.9 Å². The molecule has 6 aromatic carbocycles. The van der Waals surface area contributed by atoms with Gasteiger partial charge in [0, 0.05) is 122 Å². The Morgan fingerprint density at radius 3 is 1.00 bits per heavy atom. The lowest BCUT2D eigenvalue weighted by Gasteiger charge is -2.23. The monoisotopic (exact) mass is 1350 g/mol. The largest absolute Gasteiger partial charge is 0.492 e. The molecule has 5 aliphatic heterocycles. The highest BCUT2D eigenvalue weighted by molar-refractivity contribution is 5.77. The Balaban J connectivity index is 0.000000112. The summed E-state index contributed by atoms with van der Waals surface area (Å²) in [5.74, 6) is 3.43. The van der Waals surface area contributed by atoms with E-state index in [9.17, 15) is 0 Å². The average molecular weight is 1350 g/mol. The lowest BCUT2D eigenvalue weighted by Crippen LogP contribution is -2.35. The number of hydrogen-bond acceptors (Lipinski definition) is 5. The summed E-state index contributed by atoms with van der Waals surface area (Å²) in [7, 11) is 9.96. The van der Waals surface area contributed by atoms with Crippen LogP contribution in [0.5, 0.6) is 28.7 Å². The highest BCUT2D eigenvalue weighted by Gasteiger charge is 2.52. The van der Waals surface area contributed by atoms with Crippen molar-refractivity contribution >= 4 is 0 Å². The van der Waals surface area contributed by atoms with Gasteiger partial charge in [0.25, 0.3) is 0 Å². The topological polar surface area (TPSA) is 65.5 Å². The zero-order valence-electron chi connectivity index (χ0n) is 72.1. The van der Waals surface area contributed by atoms with Crippen LogP contribution in [-0.2, 0) is 79.9 Å². The van der Waals surface area contributed by atoms with Crippen molar-refractivity contribution in [2.75, 3.05) is 6.61 Å². The summed E-state index contributed by atoms with van der Waals surface area (Å²) in [6, 6.07) is 56.3. The summed E-state index contributed by atoms with van der Waals surface area (Å²) in [5.41, 5.74) is 16.0. The van der Waals surface area contributed by atoms with Crippen LogP contribution in [0.1, 0.15) is 136 Å². The summed E-state index contributed by atoms with van der Waals surface area (Å²) in [6.07, 6.45) is 5.78. The third-order valence-electron chi connectivity index (χ3n) is 20.5. The maximum absolute atomic E-state index is 8.91. The minimum atomic E-state index is -1.96. The van der Waals surface area contributed by atoms with Crippen molar-refractivity contribution in [1.82, 2.24) is 0 Å². The molecule has 8 aliphatic rings.